The van der Waals surface area contributed by atoms with E-state index < -0.39 is 8.07 Å². The number of hydrogen-bond acceptors (Lipinski definition) is 0. The van der Waals surface area contributed by atoms with E-state index in [1.165, 1.54) is 64.2 Å². The Kier molecular flexibility index (Phi) is 17.6. The average molecular weight is 550 g/mol. The van der Waals surface area contributed by atoms with E-state index in [0.29, 0.717) is 0 Å². The van der Waals surface area contributed by atoms with Crippen molar-refractivity contribution in [2.24, 2.45) is 0 Å². The van der Waals surface area contributed by atoms with Gasteiger partial charge in [0.2, 0.25) is 0 Å². The summed E-state index contributed by atoms with van der Waals surface area (Å²) < 4.78 is 0.243. The van der Waals surface area contributed by atoms with Gasteiger partial charge in [-0.1, -0.05) is 0 Å². The van der Waals surface area contributed by atoms with Crippen LogP contribution < -0.4 is 42.4 Å². The molecular weight excluding hydrogens is 507 g/mol. The maximum atomic E-state index is 2.60. The third-order valence-electron chi connectivity index (χ3n) is 7.12. The Morgan fingerprint density at radius 3 is 1.47 bits per heavy atom. The fourth-order valence-electron chi connectivity index (χ4n) is 4.94. The maximum Gasteiger partial charge on any atom is -1.00 e. The van der Waals surface area contributed by atoms with Crippen LogP contribution in [0.3, 0.4) is 0 Å². The van der Waals surface area contributed by atoms with E-state index in [1.54, 1.807) is 27.5 Å². The van der Waals surface area contributed by atoms with Crippen molar-refractivity contribution in [3.8, 4) is 0 Å². The Labute approximate surface area is 230 Å². The molecule has 0 saturated carbocycles. The van der Waals surface area contributed by atoms with Crippen LogP contribution in [0.4, 0.5) is 0 Å². The SMILES string of the molecule is CCCCCCc1cc(CCCCCC)cc([Si](C)(C)[C]2([Ti+3])C(C)=CC=C2C)c1.[Cl-].[Cl-].[Cl-]. The molecular formula is C27H43Cl3SiTi. The molecule has 0 saturated heterocycles. The van der Waals surface area contributed by atoms with Crippen LogP contribution in [-0.2, 0) is 33.3 Å². The number of rotatable bonds is 12. The van der Waals surface area contributed by atoms with Gasteiger partial charge in [-0.3, -0.25) is 0 Å². The van der Waals surface area contributed by atoms with Gasteiger partial charge in [0.25, 0.3) is 0 Å². The number of hydrogen-bond donors (Lipinski definition) is 0. The number of benzene rings is 1. The van der Waals surface area contributed by atoms with Gasteiger partial charge in [0.1, 0.15) is 0 Å². The quantitative estimate of drug-likeness (QED) is 0.232. The van der Waals surface area contributed by atoms with E-state index in [4.69, 9.17) is 0 Å². The van der Waals surface area contributed by atoms with Crippen LogP contribution in [0, 0.1) is 0 Å². The van der Waals surface area contributed by atoms with Crippen LogP contribution in [-0.4, -0.2) is 8.07 Å². The average Bonchev–Trinajstić information content (AvgIpc) is 2.97. The van der Waals surface area contributed by atoms with Gasteiger partial charge < -0.3 is 37.2 Å². The minimum absolute atomic E-state index is 0. The van der Waals surface area contributed by atoms with E-state index in [2.05, 4.69) is 91.6 Å². The molecule has 0 nitrogen and oxygen atoms in total. The molecule has 0 amide bonds. The molecule has 0 fully saturated rings. The Bertz CT molecular complexity index is 692. The van der Waals surface area contributed by atoms with E-state index in [9.17, 15) is 0 Å². The van der Waals surface area contributed by atoms with Crippen LogP contribution in [0.2, 0.25) is 16.4 Å². The zero-order valence-corrected chi connectivity index (χ0v) is 25.9. The van der Waals surface area contributed by atoms with Gasteiger partial charge in [0, 0.05) is 0 Å². The zero-order chi connectivity index (χ0) is 21.5. The summed E-state index contributed by atoms with van der Waals surface area (Å²) in [5.74, 6) is 0. The van der Waals surface area contributed by atoms with Gasteiger partial charge >= 0.3 is 195 Å². The first-order chi connectivity index (χ1) is 13.8. The third kappa shape index (κ3) is 8.32. The van der Waals surface area contributed by atoms with Crippen LogP contribution >= 0.6 is 0 Å². The Morgan fingerprint density at radius 2 is 1.09 bits per heavy atom. The largest absolute Gasteiger partial charge is 1.00 e. The molecule has 0 N–H and O–H groups in total. The summed E-state index contributed by atoms with van der Waals surface area (Å²) >= 11 is 2.51. The molecule has 5 heteroatoms. The fraction of sp³-hybridized carbons (Fsp3) is 0.630. The normalized spacial score (nSPS) is 14.6. The maximum absolute atomic E-state index is 2.60. The van der Waals surface area contributed by atoms with Crippen molar-refractivity contribution in [3.63, 3.8) is 0 Å². The molecule has 0 aliphatic heterocycles. The molecule has 0 spiro atoms. The third-order valence-corrected chi connectivity index (χ3v) is 15.7. The van der Waals surface area contributed by atoms with Crippen LogP contribution in [0.15, 0.2) is 41.5 Å². The molecule has 32 heavy (non-hydrogen) atoms. The zero-order valence-electron chi connectivity index (χ0n) is 21.1. The first-order valence-electron chi connectivity index (χ1n) is 12.0. The fourth-order valence-corrected chi connectivity index (χ4v) is 9.54. The number of unbranched alkanes of at least 4 members (excludes halogenated alkanes) is 6. The van der Waals surface area contributed by atoms with E-state index >= 15 is 0 Å². The van der Waals surface area contributed by atoms with Crippen molar-refractivity contribution in [2.45, 2.75) is 108 Å². The van der Waals surface area contributed by atoms with Crippen molar-refractivity contribution in [1.29, 1.82) is 0 Å². The summed E-state index contributed by atoms with van der Waals surface area (Å²) in [5, 5.41) is 1.67. The van der Waals surface area contributed by atoms with Crippen molar-refractivity contribution < 1.29 is 57.7 Å². The van der Waals surface area contributed by atoms with E-state index in [0.717, 1.165) is 0 Å². The molecule has 2 rings (SSSR count). The summed E-state index contributed by atoms with van der Waals surface area (Å²) in [6.45, 7) is 14.5. The van der Waals surface area contributed by atoms with Gasteiger partial charge in [-0.2, -0.15) is 0 Å². The predicted octanol–water partition coefficient (Wildman–Crippen LogP) is -0.989. The number of halogens is 3. The monoisotopic (exact) mass is 548 g/mol. The molecule has 0 radical (unpaired) electrons. The van der Waals surface area contributed by atoms with Crippen LogP contribution in [0.1, 0.15) is 90.2 Å². The topological polar surface area (TPSA) is 0 Å². The molecule has 1 aromatic rings. The molecule has 0 atom stereocenters. The van der Waals surface area contributed by atoms with Gasteiger partial charge in [0.05, 0.1) is 0 Å². The number of aryl methyl sites for hydroxylation is 2. The first kappa shape index (κ1) is 34.7. The van der Waals surface area contributed by atoms with E-state index in [1.807, 2.05) is 0 Å². The minimum atomic E-state index is -1.70. The summed E-state index contributed by atoms with van der Waals surface area (Å²) in [7, 11) is -1.70. The molecule has 180 valence electrons. The summed E-state index contributed by atoms with van der Waals surface area (Å²) in [4.78, 5) is 0. The van der Waals surface area contributed by atoms with Crippen molar-refractivity contribution in [1.82, 2.24) is 0 Å². The molecule has 1 aromatic carbocycles. The Morgan fingerprint density at radius 1 is 0.688 bits per heavy atom. The van der Waals surface area contributed by atoms with Gasteiger partial charge in [-0.25, -0.2) is 0 Å². The Balaban J connectivity index is 0. The standard InChI is InChI=1S/C27H43Si.3ClH.Ti/c1-7-9-11-13-15-24-19-25(16-14-12-10-8-2)21-26(20-24)28(5,6)27-22(3)17-18-23(27)4;;;;/h17-21H,7-16H2,1-6H3;3*1H;/q;;;;+3/p-3. The second-order valence-electron chi connectivity index (χ2n) is 9.73. The summed E-state index contributed by atoms with van der Waals surface area (Å²) in [5.41, 5.74) is 6.30. The van der Waals surface area contributed by atoms with Crippen molar-refractivity contribution >= 4 is 13.3 Å². The van der Waals surface area contributed by atoms with Gasteiger partial charge in [-0.05, 0) is 0 Å². The second-order valence-corrected chi connectivity index (χ2v) is 16.3. The summed E-state index contributed by atoms with van der Waals surface area (Å²) in [6, 6.07) is 7.73. The summed E-state index contributed by atoms with van der Waals surface area (Å²) in [6.07, 6.45) is 18.0. The molecule has 0 bridgehead atoms. The molecule has 1 aliphatic carbocycles. The molecule has 0 unspecified atom stereocenters. The number of allylic oxidation sites excluding steroid dienone is 4. The van der Waals surface area contributed by atoms with Crippen molar-refractivity contribution in [2.75, 3.05) is 0 Å². The van der Waals surface area contributed by atoms with E-state index in [-0.39, 0.29) is 40.6 Å². The second kappa shape index (κ2) is 16.2. The van der Waals surface area contributed by atoms with Gasteiger partial charge in [0.15, 0.2) is 0 Å². The van der Waals surface area contributed by atoms with Crippen LogP contribution in [0.5, 0.6) is 0 Å². The minimum Gasteiger partial charge on any atom is -1.00 e. The molecule has 0 heterocycles. The molecule has 0 aromatic heterocycles. The predicted molar refractivity (Wildman–Crippen MR) is 129 cm³/mol. The van der Waals surface area contributed by atoms with Gasteiger partial charge in [-0.15, -0.1) is 0 Å². The Hall–Kier alpha value is 0.501. The van der Waals surface area contributed by atoms with Crippen molar-refractivity contribution in [3.05, 3.63) is 52.6 Å². The smallest absolute Gasteiger partial charge is 1.00 e. The molecule has 1 aliphatic rings. The first-order valence-corrected chi connectivity index (χ1v) is 15.8. The van der Waals surface area contributed by atoms with Crippen LogP contribution in [0.25, 0.3) is 0 Å².